The zero-order valence-corrected chi connectivity index (χ0v) is 9.88. The van der Waals surface area contributed by atoms with Gasteiger partial charge in [-0.25, -0.2) is 9.37 Å². The van der Waals surface area contributed by atoms with Gasteiger partial charge < -0.3 is 9.52 Å². The number of phenols is 1. The summed E-state index contributed by atoms with van der Waals surface area (Å²) in [6.07, 6.45) is 1.48. The van der Waals surface area contributed by atoms with Gasteiger partial charge >= 0.3 is 0 Å². The summed E-state index contributed by atoms with van der Waals surface area (Å²) in [6.45, 7) is 0. The van der Waals surface area contributed by atoms with E-state index in [1.165, 1.54) is 18.4 Å². The molecule has 4 heteroatoms. The number of benzene rings is 2. The lowest BCUT2D eigenvalue weighted by Crippen LogP contribution is -1.81. The molecule has 3 rings (SSSR count). The third kappa shape index (κ3) is 2.20. The van der Waals surface area contributed by atoms with Gasteiger partial charge in [0.15, 0.2) is 11.6 Å². The third-order valence-electron chi connectivity index (χ3n) is 2.77. The van der Waals surface area contributed by atoms with E-state index in [9.17, 15) is 9.50 Å². The first-order valence-electron chi connectivity index (χ1n) is 5.74. The Morgan fingerprint density at radius 2 is 1.79 bits per heavy atom. The Bertz CT molecular complexity index is 707. The molecular weight excluding hydrogens is 245 g/mol. The number of oxazole rings is 1. The molecule has 0 aliphatic carbocycles. The van der Waals surface area contributed by atoms with Gasteiger partial charge in [-0.3, -0.25) is 0 Å². The Labute approximate surface area is 109 Å². The van der Waals surface area contributed by atoms with Crippen molar-refractivity contribution in [2.75, 3.05) is 0 Å². The number of hydrogen-bond donors (Lipinski definition) is 1. The lowest BCUT2D eigenvalue weighted by molar-refractivity contribution is 0.432. The van der Waals surface area contributed by atoms with Crippen molar-refractivity contribution in [2.45, 2.75) is 0 Å². The fourth-order valence-electron chi connectivity index (χ4n) is 1.79. The monoisotopic (exact) mass is 255 g/mol. The summed E-state index contributed by atoms with van der Waals surface area (Å²) in [5, 5.41) is 9.35. The zero-order chi connectivity index (χ0) is 13.2. The maximum Gasteiger partial charge on any atom is 0.226 e. The molecule has 19 heavy (non-hydrogen) atoms. The summed E-state index contributed by atoms with van der Waals surface area (Å²) >= 11 is 0. The summed E-state index contributed by atoms with van der Waals surface area (Å²) < 4.78 is 18.4. The molecule has 94 valence electrons. The van der Waals surface area contributed by atoms with Gasteiger partial charge in [-0.1, -0.05) is 18.2 Å². The average Bonchev–Trinajstić information content (AvgIpc) is 2.93. The number of phenolic OH excluding ortho intramolecular Hbond substituents is 1. The Hall–Kier alpha value is -2.62. The van der Waals surface area contributed by atoms with Crippen LogP contribution in [0, 0.1) is 5.82 Å². The van der Waals surface area contributed by atoms with Gasteiger partial charge in [-0.2, -0.15) is 0 Å². The highest BCUT2D eigenvalue weighted by atomic mass is 19.1. The van der Waals surface area contributed by atoms with Crippen molar-refractivity contribution in [3.63, 3.8) is 0 Å². The van der Waals surface area contributed by atoms with Crippen molar-refractivity contribution in [3.8, 4) is 28.5 Å². The van der Waals surface area contributed by atoms with Crippen molar-refractivity contribution in [3.05, 3.63) is 60.6 Å². The SMILES string of the molecule is Oc1cc(-c2coc(-c3ccccc3)n2)ccc1F. The van der Waals surface area contributed by atoms with Crippen LogP contribution in [0.1, 0.15) is 0 Å². The average molecular weight is 255 g/mol. The Balaban J connectivity index is 1.99. The van der Waals surface area contributed by atoms with Crippen LogP contribution >= 0.6 is 0 Å². The minimum atomic E-state index is -0.657. The molecule has 0 atom stereocenters. The predicted molar refractivity (Wildman–Crippen MR) is 69.0 cm³/mol. The van der Waals surface area contributed by atoms with Crippen LogP contribution in [-0.4, -0.2) is 10.1 Å². The molecular formula is C15H10FNO2. The third-order valence-corrected chi connectivity index (χ3v) is 2.77. The molecule has 1 aromatic heterocycles. The summed E-state index contributed by atoms with van der Waals surface area (Å²) in [6, 6.07) is 13.5. The number of rotatable bonds is 2. The smallest absolute Gasteiger partial charge is 0.226 e. The van der Waals surface area contributed by atoms with Crippen LogP contribution in [0.4, 0.5) is 4.39 Å². The van der Waals surface area contributed by atoms with E-state index in [1.54, 1.807) is 6.07 Å². The minimum absolute atomic E-state index is 0.401. The zero-order valence-electron chi connectivity index (χ0n) is 9.88. The molecule has 0 aliphatic rings. The normalized spacial score (nSPS) is 10.6. The second-order valence-corrected chi connectivity index (χ2v) is 4.07. The molecule has 0 saturated heterocycles. The van der Waals surface area contributed by atoms with E-state index in [0.717, 1.165) is 5.56 Å². The van der Waals surface area contributed by atoms with Gasteiger partial charge in [-0.05, 0) is 30.3 Å². The van der Waals surface area contributed by atoms with Crippen molar-refractivity contribution >= 4 is 0 Å². The molecule has 0 saturated carbocycles. The standard InChI is InChI=1S/C15H10FNO2/c16-12-7-6-11(8-14(12)18)13-9-19-15(17-13)10-4-2-1-3-5-10/h1-9,18H. The van der Waals surface area contributed by atoms with Crippen LogP contribution in [0.3, 0.4) is 0 Å². The quantitative estimate of drug-likeness (QED) is 0.756. The first kappa shape index (κ1) is 11.5. The lowest BCUT2D eigenvalue weighted by atomic mass is 10.1. The van der Waals surface area contributed by atoms with Crippen molar-refractivity contribution < 1.29 is 13.9 Å². The van der Waals surface area contributed by atoms with E-state index in [0.29, 0.717) is 17.1 Å². The summed E-state index contributed by atoms with van der Waals surface area (Å²) in [5.74, 6) is -0.572. The Kier molecular flexibility index (Phi) is 2.76. The van der Waals surface area contributed by atoms with E-state index in [2.05, 4.69) is 4.98 Å². The van der Waals surface area contributed by atoms with E-state index >= 15 is 0 Å². The van der Waals surface area contributed by atoms with Crippen molar-refractivity contribution in [2.24, 2.45) is 0 Å². The summed E-state index contributed by atoms with van der Waals surface area (Å²) in [4.78, 5) is 4.32. The molecule has 0 amide bonds. The first-order chi connectivity index (χ1) is 9.24. The summed E-state index contributed by atoms with van der Waals surface area (Å²) in [5.41, 5.74) is 2.01. The van der Waals surface area contributed by atoms with Crippen LogP contribution in [0.25, 0.3) is 22.7 Å². The van der Waals surface area contributed by atoms with E-state index in [-0.39, 0.29) is 0 Å². The second kappa shape index (κ2) is 4.57. The van der Waals surface area contributed by atoms with Gasteiger partial charge in [0.2, 0.25) is 5.89 Å². The summed E-state index contributed by atoms with van der Waals surface area (Å²) in [7, 11) is 0. The second-order valence-electron chi connectivity index (χ2n) is 4.07. The number of halogens is 1. The molecule has 0 unspecified atom stereocenters. The van der Waals surface area contributed by atoms with Crippen LogP contribution in [0.5, 0.6) is 5.75 Å². The highest BCUT2D eigenvalue weighted by molar-refractivity contribution is 5.64. The van der Waals surface area contributed by atoms with Gasteiger partial charge in [-0.15, -0.1) is 0 Å². The maximum atomic E-state index is 13.0. The number of aromatic nitrogens is 1. The number of aromatic hydroxyl groups is 1. The van der Waals surface area contributed by atoms with Crippen molar-refractivity contribution in [1.82, 2.24) is 4.98 Å². The van der Waals surface area contributed by atoms with Gasteiger partial charge in [0.25, 0.3) is 0 Å². The van der Waals surface area contributed by atoms with Crippen LogP contribution in [-0.2, 0) is 0 Å². The molecule has 0 spiro atoms. The molecule has 1 N–H and O–H groups in total. The minimum Gasteiger partial charge on any atom is -0.505 e. The Morgan fingerprint density at radius 3 is 2.53 bits per heavy atom. The lowest BCUT2D eigenvalue weighted by Gasteiger charge is -1.98. The van der Waals surface area contributed by atoms with Gasteiger partial charge in [0.1, 0.15) is 12.0 Å². The predicted octanol–water partition coefficient (Wildman–Crippen LogP) is 3.85. The Morgan fingerprint density at radius 1 is 1.00 bits per heavy atom. The van der Waals surface area contributed by atoms with Crippen LogP contribution in [0.2, 0.25) is 0 Å². The van der Waals surface area contributed by atoms with E-state index in [1.807, 2.05) is 30.3 Å². The maximum absolute atomic E-state index is 13.0. The van der Waals surface area contributed by atoms with E-state index < -0.39 is 11.6 Å². The van der Waals surface area contributed by atoms with Gasteiger partial charge in [0.05, 0.1) is 0 Å². The topological polar surface area (TPSA) is 46.3 Å². The first-order valence-corrected chi connectivity index (χ1v) is 5.74. The molecule has 3 aromatic rings. The number of nitrogens with zero attached hydrogens (tertiary/aromatic N) is 1. The largest absolute Gasteiger partial charge is 0.505 e. The molecule has 0 radical (unpaired) electrons. The fraction of sp³-hybridized carbons (Fsp3) is 0. The molecule has 2 aromatic carbocycles. The fourth-order valence-corrected chi connectivity index (χ4v) is 1.79. The van der Waals surface area contributed by atoms with Crippen LogP contribution in [0.15, 0.2) is 59.2 Å². The van der Waals surface area contributed by atoms with E-state index in [4.69, 9.17) is 4.42 Å². The number of hydrogen-bond acceptors (Lipinski definition) is 3. The highest BCUT2D eigenvalue weighted by Crippen LogP contribution is 2.27. The molecule has 0 fully saturated rings. The molecule has 0 bridgehead atoms. The van der Waals surface area contributed by atoms with Crippen molar-refractivity contribution in [1.29, 1.82) is 0 Å². The molecule has 3 nitrogen and oxygen atoms in total. The molecule has 1 heterocycles. The van der Waals surface area contributed by atoms with Gasteiger partial charge in [0, 0.05) is 11.1 Å². The molecule has 0 aliphatic heterocycles. The van der Waals surface area contributed by atoms with Crippen LogP contribution < -0.4 is 0 Å². The highest BCUT2D eigenvalue weighted by Gasteiger charge is 2.10.